The molecule has 4 aromatic rings. The van der Waals surface area contributed by atoms with Gasteiger partial charge in [0.15, 0.2) is 0 Å². The Morgan fingerprint density at radius 1 is 1.00 bits per heavy atom. The van der Waals surface area contributed by atoms with Crippen molar-refractivity contribution in [3.63, 3.8) is 0 Å². The summed E-state index contributed by atoms with van der Waals surface area (Å²) in [6.07, 6.45) is -3.20. The molecule has 1 aromatic heterocycles. The highest BCUT2D eigenvalue weighted by Gasteiger charge is 2.31. The predicted molar refractivity (Wildman–Crippen MR) is 139 cm³/mol. The number of nitrogens with one attached hydrogen (secondary N) is 2. The van der Waals surface area contributed by atoms with Gasteiger partial charge in [0.25, 0.3) is 10.0 Å². The number of aryl methyl sites for hydroxylation is 1. The highest BCUT2D eigenvalue weighted by molar-refractivity contribution is 7.90. The lowest BCUT2D eigenvalue weighted by Crippen LogP contribution is -2.17. The molecule has 0 amide bonds. The largest absolute Gasteiger partial charge is 0.573 e. The fourth-order valence-electron chi connectivity index (χ4n) is 3.88. The van der Waals surface area contributed by atoms with E-state index < -0.39 is 16.4 Å². The van der Waals surface area contributed by atoms with Gasteiger partial charge in [-0.1, -0.05) is 12.1 Å². The van der Waals surface area contributed by atoms with Crippen LogP contribution in [0.1, 0.15) is 11.1 Å². The third-order valence-electron chi connectivity index (χ3n) is 5.53. The molecule has 0 aliphatic heterocycles. The molecular weight excluding hydrogens is 531 g/mol. The summed E-state index contributed by atoms with van der Waals surface area (Å²) in [5.41, 5.74) is 2.87. The zero-order valence-corrected chi connectivity index (χ0v) is 21.7. The molecule has 0 aliphatic carbocycles. The summed E-state index contributed by atoms with van der Waals surface area (Å²) in [4.78, 5) is 0.0733. The van der Waals surface area contributed by atoms with Crippen molar-refractivity contribution < 1.29 is 31.1 Å². The molecule has 0 radical (unpaired) electrons. The fourth-order valence-corrected chi connectivity index (χ4v) is 5.30. The molecule has 2 N–H and O–H groups in total. The van der Waals surface area contributed by atoms with Gasteiger partial charge in [0, 0.05) is 35.6 Å². The standard InChI is InChI=1S/C25H24F3N3O4S.ClH/c1-16-11-20(35-25(26,27)28)8-10-23(16)30-18-7-9-22-17(14-29-2)15-31(24(22)12-18)36(32,33)21-6-4-5-19(13-21)34-3;/h4-13,15,29-30H,14H2,1-3H3;1H. The Kier molecular flexibility index (Phi) is 8.31. The molecule has 0 unspecified atom stereocenters. The molecular formula is C25H25ClF3N3O4S. The van der Waals surface area contributed by atoms with Gasteiger partial charge >= 0.3 is 6.36 Å². The number of hydrogen-bond acceptors (Lipinski definition) is 6. The van der Waals surface area contributed by atoms with Gasteiger partial charge in [0.05, 0.1) is 17.5 Å². The molecule has 3 aromatic carbocycles. The Morgan fingerprint density at radius 3 is 2.41 bits per heavy atom. The first-order valence-electron chi connectivity index (χ1n) is 10.8. The summed E-state index contributed by atoms with van der Waals surface area (Å²) in [6.45, 7) is 2.09. The average molecular weight is 556 g/mol. The molecule has 4 rings (SSSR count). The van der Waals surface area contributed by atoms with Crippen LogP contribution in [0, 0.1) is 6.92 Å². The zero-order chi connectivity index (χ0) is 26.1. The Bertz CT molecular complexity index is 1520. The van der Waals surface area contributed by atoms with E-state index in [-0.39, 0.29) is 23.1 Å². The number of aromatic nitrogens is 1. The molecule has 0 atom stereocenters. The molecule has 0 saturated carbocycles. The van der Waals surface area contributed by atoms with Gasteiger partial charge in [-0.25, -0.2) is 12.4 Å². The van der Waals surface area contributed by atoms with Gasteiger partial charge in [0.2, 0.25) is 0 Å². The van der Waals surface area contributed by atoms with E-state index in [2.05, 4.69) is 15.4 Å². The van der Waals surface area contributed by atoms with Crippen LogP contribution in [0.15, 0.2) is 71.8 Å². The minimum absolute atomic E-state index is 0. The highest BCUT2D eigenvalue weighted by Crippen LogP contribution is 2.32. The number of hydrogen-bond donors (Lipinski definition) is 2. The lowest BCUT2D eigenvalue weighted by Gasteiger charge is -2.14. The SMILES string of the molecule is CNCc1cn(S(=O)(=O)c2cccc(OC)c2)c2cc(Nc3ccc(OC(F)(F)F)cc3C)ccc12.Cl. The van der Waals surface area contributed by atoms with E-state index in [9.17, 15) is 21.6 Å². The summed E-state index contributed by atoms with van der Waals surface area (Å²) in [7, 11) is -0.728. The van der Waals surface area contributed by atoms with Crippen LogP contribution in [0.5, 0.6) is 11.5 Å². The minimum Gasteiger partial charge on any atom is -0.497 e. The maximum absolute atomic E-state index is 13.6. The second kappa shape index (κ2) is 10.9. The molecule has 7 nitrogen and oxygen atoms in total. The van der Waals surface area contributed by atoms with E-state index in [1.807, 2.05) is 0 Å². The molecule has 12 heteroatoms. The number of rotatable bonds is 8. The van der Waals surface area contributed by atoms with Crippen molar-refractivity contribution in [1.82, 2.24) is 9.29 Å². The summed E-state index contributed by atoms with van der Waals surface area (Å²) >= 11 is 0. The Hall–Kier alpha value is -3.41. The van der Waals surface area contributed by atoms with E-state index in [0.717, 1.165) is 10.9 Å². The third-order valence-corrected chi connectivity index (χ3v) is 7.20. The zero-order valence-electron chi connectivity index (χ0n) is 20.1. The van der Waals surface area contributed by atoms with Crippen molar-refractivity contribution in [1.29, 1.82) is 0 Å². The highest BCUT2D eigenvalue weighted by atomic mass is 35.5. The van der Waals surface area contributed by atoms with E-state index in [4.69, 9.17) is 4.74 Å². The van der Waals surface area contributed by atoms with Crippen LogP contribution in [0.3, 0.4) is 0 Å². The lowest BCUT2D eigenvalue weighted by molar-refractivity contribution is -0.274. The predicted octanol–water partition coefficient (Wildman–Crippen LogP) is 5.98. The number of fused-ring (bicyclic) bond motifs is 1. The molecule has 0 spiro atoms. The first kappa shape index (κ1) is 28.2. The Balaban J connectivity index is 0.00000380. The smallest absolute Gasteiger partial charge is 0.497 e. The molecule has 0 fully saturated rings. The van der Waals surface area contributed by atoms with Gasteiger partial charge in [-0.2, -0.15) is 0 Å². The monoisotopic (exact) mass is 555 g/mol. The summed E-state index contributed by atoms with van der Waals surface area (Å²) < 4.78 is 75.1. The fraction of sp³-hybridized carbons (Fsp3) is 0.200. The van der Waals surface area contributed by atoms with Crippen molar-refractivity contribution in [3.8, 4) is 11.5 Å². The maximum Gasteiger partial charge on any atom is 0.573 e. The van der Waals surface area contributed by atoms with Crippen molar-refractivity contribution in [2.45, 2.75) is 24.7 Å². The maximum atomic E-state index is 13.6. The molecule has 198 valence electrons. The van der Waals surface area contributed by atoms with Gasteiger partial charge in [-0.3, -0.25) is 0 Å². The van der Waals surface area contributed by atoms with Crippen molar-refractivity contribution in [2.24, 2.45) is 0 Å². The second-order valence-corrected chi connectivity index (χ2v) is 9.86. The molecule has 0 saturated heterocycles. The molecule has 1 heterocycles. The van der Waals surface area contributed by atoms with Crippen molar-refractivity contribution >= 4 is 44.7 Å². The molecule has 0 aliphatic rings. The number of nitrogens with zero attached hydrogens (tertiary/aromatic N) is 1. The number of ether oxygens (including phenoxy) is 2. The van der Waals surface area contributed by atoms with Crippen LogP contribution >= 0.6 is 12.4 Å². The van der Waals surface area contributed by atoms with Gasteiger partial charge < -0.3 is 20.1 Å². The van der Waals surface area contributed by atoms with Crippen LogP contribution in [-0.4, -0.2) is 32.9 Å². The van der Waals surface area contributed by atoms with Crippen molar-refractivity contribution in [3.05, 3.63) is 78.0 Å². The molecule has 37 heavy (non-hydrogen) atoms. The summed E-state index contributed by atoms with van der Waals surface area (Å²) in [5, 5.41) is 6.94. The summed E-state index contributed by atoms with van der Waals surface area (Å²) in [5.74, 6) is 0.0923. The number of benzene rings is 3. The normalized spacial score (nSPS) is 11.7. The van der Waals surface area contributed by atoms with Crippen LogP contribution < -0.4 is 20.1 Å². The van der Waals surface area contributed by atoms with E-state index in [0.29, 0.717) is 34.7 Å². The minimum atomic E-state index is -4.78. The van der Waals surface area contributed by atoms with E-state index >= 15 is 0 Å². The van der Waals surface area contributed by atoms with Crippen LogP contribution in [0.4, 0.5) is 24.5 Å². The van der Waals surface area contributed by atoms with Gasteiger partial charge in [0.1, 0.15) is 11.5 Å². The van der Waals surface area contributed by atoms with Crippen LogP contribution in [0.2, 0.25) is 0 Å². The van der Waals surface area contributed by atoms with Gasteiger partial charge in [-0.05, 0) is 67.6 Å². The number of alkyl halides is 3. The van der Waals surface area contributed by atoms with Crippen LogP contribution in [0.25, 0.3) is 10.9 Å². The first-order valence-corrected chi connectivity index (χ1v) is 12.3. The van der Waals surface area contributed by atoms with E-state index in [1.54, 1.807) is 50.5 Å². The first-order chi connectivity index (χ1) is 17.0. The number of anilines is 2. The molecule has 0 bridgehead atoms. The van der Waals surface area contributed by atoms with Crippen molar-refractivity contribution in [2.75, 3.05) is 19.5 Å². The number of halogens is 4. The summed E-state index contributed by atoms with van der Waals surface area (Å²) in [6, 6.07) is 15.4. The quantitative estimate of drug-likeness (QED) is 0.278. The van der Waals surface area contributed by atoms with E-state index in [1.165, 1.54) is 41.4 Å². The topological polar surface area (TPSA) is 81.6 Å². The Morgan fingerprint density at radius 2 is 1.76 bits per heavy atom. The lowest BCUT2D eigenvalue weighted by atomic mass is 10.1. The number of methoxy groups -OCH3 is 1. The average Bonchev–Trinajstić information content (AvgIpc) is 3.18. The third kappa shape index (κ3) is 6.12. The Labute approximate surface area is 218 Å². The van der Waals surface area contributed by atoms with Gasteiger partial charge in [-0.15, -0.1) is 25.6 Å². The second-order valence-electron chi connectivity index (χ2n) is 8.05. The van der Waals surface area contributed by atoms with Crippen LogP contribution in [-0.2, 0) is 16.6 Å².